The van der Waals surface area contributed by atoms with Crippen molar-refractivity contribution in [2.75, 3.05) is 0 Å². The van der Waals surface area contributed by atoms with E-state index in [2.05, 4.69) is 12.6 Å². The molecule has 0 fully saturated rings. The van der Waals surface area contributed by atoms with Gasteiger partial charge >= 0.3 is 5.97 Å². The summed E-state index contributed by atoms with van der Waals surface area (Å²) in [4.78, 5) is 10.5. The van der Waals surface area contributed by atoms with Crippen molar-refractivity contribution in [2.45, 2.75) is 238 Å². The van der Waals surface area contributed by atoms with Crippen molar-refractivity contribution in [1.82, 2.24) is 0 Å². The highest BCUT2D eigenvalue weighted by atomic mass is 32.1. The molecule has 0 aliphatic carbocycles. The molecule has 0 spiro atoms. The van der Waals surface area contributed by atoms with Crippen LogP contribution in [-0.4, -0.2) is 15.3 Å². The van der Waals surface area contributed by atoms with Crippen LogP contribution in [0.5, 0.6) is 0 Å². The number of carboxylic acids is 1. The van der Waals surface area contributed by atoms with Gasteiger partial charge in [-0.1, -0.05) is 224 Å². The second-order valence-electron chi connectivity index (χ2n) is 13.7. The van der Waals surface area contributed by atoms with Crippen molar-refractivity contribution in [3.63, 3.8) is 0 Å². The first-order chi connectivity index (χ1) is 21.1. The highest BCUT2D eigenvalue weighted by Gasteiger charge is 1.99. The summed E-state index contributed by atoms with van der Waals surface area (Å²) in [5.41, 5.74) is 0. The van der Waals surface area contributed by atoms with Crippen molar-refractivity contribution in [3.8, 4) is 0 Å². The maximum Gasteiger partial charge on any atom is 0.303 e. The standard InChI is InChI=1S/C39H76O2S2/c40-38(41)36-34-32-30-28-26-24-22-20-18-16-14-12-10-8-6-4-2-1-3-5-7-9-11-13-15-17-19-21-23-25-27-29-31-33-35-37-39(42)43/h1-37H2,(H,40,41)(H,42,43). The molecule has 0 bridgehead atoms. The Morgan fingerprint density at radius 2 is 0.465 bits per heavy atom. The second-order valence-corrected chi connectivity index (χ2v) is 15.0. The van der Waals surface area contributed by atoms with Crippen molar-refractivity contribution < 1.29 is 9.90 Å². The minimum Gasteiger partial charge on any atom is -0.481 e. The van der Waals surface area contributed by atoms with Gasteiger partial charge in [-0.15, -0.1) is 12.6 Å². The van der Waals surface area contributed by atoms with Crippen molar-refractivity contribution in [2.24, 2.45) is 0 Å². The fraction of sp³-hybridized carbons (Fsp3) is 0.949. The summed E-state index contributed by atoms with van der Waals surface area (Å²) in [6.45, 7) is 0. The zero-order valence-corrected chi connectivity index (χ0v) is 30.6. The van der Waals surface area contributed by atoms with Gasteiger partial charge in [-0.3, -0.25) is 4.79 Å². The Kier molecular flexibility index (Phi) is 38.0. The number of carbonyl (C=O) groups is 1. The summed E-state index contributed by atoms with van der Waals surface area (Å²) in [7, 11) is 0. The molecule has 0 radical (unpaired) electrons. The van der Waals surface area contributed by atoms with E-state index in [0.29, 0.717) is 6.42 Å². The predicted molar refractivity (Wildman–Crippen MR) is 200 cm³/mol. The summed E-state index contributed by atoms with van der Waals surface area (Å²) in [6.07, 6.45) is 50.2. The van der Waals surface area contributed by atoms with Gasteiger partial charge in [-0.2, -0.15) is 0 Å². The third-order valence-corrected chi connectivity index (χ3v) is 9.71. The second kappa shape index (κ2) is 38.1. The van der Waals surface area contributed by atoms with Gasteiger partial charge in [-0.25, -0.2) is 0 Å². The Hall–Kier alpha value is -0.0900. The molecule has 0 aromatic heterocycles. The lowest BCUT2D eigenvalue weighted by Gasteiger charge is -2.05. The molecule has 0 aliphatic rings. The molecule has 0 aromatic carbocycles. The smallest absolute Gasteiger partial charge is 0.303 e. The number of unbranched alkanes of at least 4 members (excludes halogenated alkanes) is 34. The Bertz CT molecular complexity index is 517. The first-order valence-corrected chi connectivity index (χ1v) is 20.4. The van der Waals surface area contributed by atoms with Gasteiger partial charge in [0.1, 0.15) is 0 Å². The fourth-order valence-electron chi connectivity index (χ4n) is 6.39. The maximum absolute atomic E-state index is 10.5. The molecule has 0 unspecified atom stereocenters. The average molecular weight is 641 g/mol. The summed E-state index contributed by atoms with van der Waals surface area (Å²) in [5, 5.41) is 8.64. The van der Waals surface area contributed by atoms with Crippen LogP contribution in [0.25, 0.3) is 0 Å². The molecule has 0 rings (SSSR count). The zero-order chi connectivity index (χ0) is 31.3. The van der Waals surface area contributed by atoms with Crippen LogP contribution in [0.15, 0.2) is 0 Å². The third kappa shape index (κ3) is 41.9. The quantitative estimate of drug-likeness (QED) is 0.0400. The molecule has 4 heteroatoms. The molecule has 0 atom stereocenters. The summed E-state index contributed by atoms with van der Waals surface area (Å²) >= 11 is 9.21. The van der Waals surface area contributed by atoms with Crippen LogP contribution in [0, 0.1) is 0 Å². The topological polar surface area (TPSA) is 37.3 Å². The number of hydrogen-bond donors (Lipinski definition) is 2. The van der Waals surface area contributed by atoms with Crippen LogP contribution in [0.4, 0.5) is 0 Å². The molecule has 0 aromatic rings. The van der Waals surface area contributed by atoms with Crippen LogP contribution in [0.1, 0.15) is 238 Å². The number of rotatable bonds is 38. The molecule has 0 saturated heterocycles. The van der Waals surface area contributed by atoms with E-state index in [1.165, 1.54) is 212 Å². The van der Waals surface area contributed by atoms with E-state index >= 15 is 0 Å². The number of carboxylic acid groups (broad SMARTS) is 1. The predicted octanol–water partition coefficient (Wildman–Crippen LogP) is 14.8. The SMILES string of the molecule is O=C(O)CCCCCCCCCCCCCCCCCCCCCCCCCCCCCCCCCCCCCC(=S)S. The van der Waals surface area contributed by atoms with Crippen LogP contribution in [-0.2, 0) is 4.79 Å². The fourth-order valence-corrected chi connectivity index (χ4v) is 6.69. The Morgan fingerprint density at radius 3 is 0.605 bits per heavy atom. The molecular formula is C39H76O2S2. The van der Waals surface area contributed by atoms with Gasteiger partial charge in [0.25, 0.3) is 0 Å². The van der Waals surface area contributed by atoms with Gasteiger partial charge in [0, 0.05) is 10.6 Å². The van der Waals surface area contributed by atoms with Crippen molar-refractivity contribution >= 4 is 35.0 Å². The van der Waals surface area contributed by atoms with E-state index in [4.69, 9.17) is 17.3 Å². The summed E-state index contributed by atoms with van der Waals surface area (Å²) in [6, 6.07) is 0. The van der Waals surface area contributed by atoms with Crippen LogP contribution in [0.3, 0.4) is 0 Å². The number of thiocarbonyl (C=S) groups is 1. The highest BCUT2D eigenvalue weighted by Crippen LogP contribution is 2.17. The minimum absolute atomic E-state index is 0.345. The Balaban J connectivity index is 3.04. The van der Waals surface area contributed by atoms with E-state index in [1.54, 1.807) is 0 Å². The monoisotopic (exact) mass is 641 g/mol. The summed E-state index contributed by atoms with van der Waals surface area (Å²) in [5.74, 6) is -0.649. The minimum atomic E-state index is -0.649. The van der Waals surface area contributed by atoms with E-state index < -0.39 is 5.97 Å². The highest BCUT2D eigenvalue weighted by molar-refractivity contribution is 8.11. The molecular weight excluding hydrogens is 565 g/mol. The molecule has 0 heterocycles. The maximum atomic E-state index is 10.5. The van der Waals surface area contributed by atoms with E-state index in [1.807, 2.05) is 0 Å². The lowest BCUT2D eigenvalue weighted by molar-refractivity contribution is -0.137. The van der Waals surface area contributed by atoms with E-state index in [9.17, 15) is 4.79 Å². The molecule has 43 heavy (non-hydrogen) atoms. The first-order valence-electron chi connectivity index (χ1n) is 19.6. The largest absolute Gasteiger partial charge is 0.481 e. The van der Waals surface area contributed by atoms with Crippen molar-refractivity contribution in [1.29, 1.82) is 0 Å². The number of aliphatic carboxylic acids is 1. The molecule has 0 aliphatic heterocycles. The zero-order valence-electron chi connectivity index (χ0n) is 28.9. The van der Waals surface area contributed by atoms with Crippen molar-refractivity contribution in [3.05, 3.63) is 0 Å². The lowest BCUT2D eigenvalue weighted by atomic mass is 10.0. The van der Waals surface area contributed by atoms with Crippen LogP contribution < -0.4 is 0 Å². The van der Waals surface area contributed by atoms with Crippen LogP contribution in [0.2, 0.25) is 0 Å². The molecule has 0 saturated carbocycles. The molecule has 256 valence electrons. The third-order valence-electron chi connectivity index (χ3n) is 9.28. The Labute approximate surface area is 281 Å². The Morgan fingerprint density at radius 1 is 0.326 bits per heavy atom. The molecule has 1 N–H and O–H groups in total. The van der Waals surface area contributed by atoms with E-state index in [0.717, 1.165) is 23.5 Å². The number of hydrogen-bond acceptors (Lipinski definition) is 2. The lowest BCUT2D eigenvalue weighted by Crippen LogP contribution is -1.93. The van der Waals surface area contributed by atoms with Gasteiger partial charge < -0.3 is 5.11 Å². The number of thiol groups is 1. The van der Waals surface area contributed by atoms with E-state index in [-0.39, 0.29) is 0 Å². The van der Waals surface area contributed by atoms with Gasteiger partial charge in [0.15, 0.2) is 0 Å². The average Bonchev–Trinajstić information content (AvgIpc) is 2.98. The van der Waals surface area contributed by atoms with Gasteiger partial charge in [0.2, 0.25) is 0 Å². The molecule has 0 amide bonds. The molecule has 2 nitrogen and oxygen atoms in total. The van der Waals surface area contributed by atoms with Gasteiger partial charge in [0.05, 0.1) is 0 Å². The summed E-state index contributed by atoms with van der Waals surface area (Å²) < 4.78 is 0.875. The normalized spacial score (nSPS) is 11.4. The first kappa shape index (κ1) is 42.9. The van der Waals surface area contributed by atoms with Gasteiger partial charge in [-0.05, 0) is 19.3 Å². The van der Waals surface area contributed by atoms with Crippen LogP contribution >= 0.6 is 24.8 Å².